The van der Waals surface area contributed by atoms with E-state index in [0.29, 0.717) is 13.2 Å². The number of nitrogens with zero attached hydrogens (tertiary/aromatic N) is 3. The first-order valence-electron chi connectivity index (χ1n) is 6.82. The molecule has 1 aromatic rings. The second kappa shape index (κ2) is 7.70. The van der Waals surface area contributed by atoms with Crippen LogP contribution in [0.15, 0.2) is 12.4 Å². The molecule has 9 nitrogen and oxygen atoms in total. The Hall–Kier alpha value is -2.00. The molecule has 0 bridgehead atoms. The maximum absolute atomic E-state index is 11.6. The van der Waals surface area contributed by atoms with E-state index in [2.05, 4.69) is 10.4 Å². The van der Waals surface area contributed by atoms with Gasteiger partial charge in [-0.25, -0.2) is 0 Å². The van der Waals surface area contributed by atoms with Gasteiger partial charge < -0.3 is 14.8 Å². The summed E-state index contributed by atoms with van der Waals surface area (Å²) in [5.74, 6) is -0.277. The van der Waals surface area contributed by atoms with Gasteiger partial charge in [0, 0.05) is 13.2 Å². The number of hydrogen-bond donors (Lipinski definition) is 1. The van der Waals surface area contributed by atoms with Crippen molar-refractivity contribution >= 4 is 11.6 Å². The summed E-state index contributed by atoms with van der Waals surface area (Å²) in [5, 5.41) is 16.9. The van der Waals surface area contributed by atoms with E-state index in [4.69, 9.17) is 9.47 Å². The molecule has 116 valence electrons. The first-order chi connectivity index (χ1) is 10.1. The summed E-state index contributed by atoms with van der Waals surface area (Å²) in [5.41, 5.74) is -0.138. The lowest BCUT2D eigenvalue weighted by atomic mass is 10.2. The molecule has 1 fully saturated rings. The van der Waals surface area contributed by atoms with Crippen molar-refractivity contribution in [3.63, 3.8) is 0 Å². The largest absolute Gasteiger partial charge is 0.353 e. The molecule has 1 aliphatic rings. The highest BCUT2D eigenvalue weighted by Crippen LogP contribution is 2.13. The third-order valence-electron chi connectivity index (χ3n) is 3.00. The zero-order valence-corrected chi connectivity index (χ0v) is 11.6. The Morgan fingerprint density at radius 1 is 1.62 bits per heavy atom. The molecular weight excluding hydrogens is 280 g/mol. The molecule has 2 heterocycles. The van der Waals surface area contributed by atoms with Gasteiger partial charge in [0.15, 0.2) is 6.29 Å². The molecule has 1 saturated heterocycles. The van der Waals surface area contributed by atoms with Crippen LogP contribution < -0.4 is 5.32 Å². The van der Waals surface area contributed by atoms with Crippen molar-refractivity contribution in [1.29, 1.82) is 0 Å². The monoisotopic (exact) mass is 298 g/mol. The average molecular weight is 298 g/mol. The Bertz CT molecular complexity index is 484. The van der Waals surface area contributed by atoms with Crippen LogP contribution in [0.5, 0.6) is 0 Å². The zero-order valence-electron chi connectivity index (χ0n) is 11.6. The van der Waals surface area contributed by atoms with E-state index in [0.717, 1.165) is 32.1 Å². The average Bonchev–Trinajstić information content (AvgIpc) is 2.93. The highest BCUT2D eigenvalue weighted by molar-refractivity contribution is 5.75. The second-order valence-corrected chi connectivity index (χ2v) is 4.67. The topological polar surface area (TPSA) is 109 Å². The Kier molecular flexibility index (Phi) is 5.64. The maximum Gasteiger partial charge on any atom is 0.307 e. The number of hydrogen-bond acceptors (Lipinski definition) is 6. The van der Waals surface area contributed by atoms with Crippen LogP contribution in [-0.4, -0.2) is 46.7 Å². The lowest BCUT2D eigenvalue weighted by Crippen LogP contribution is -2.32. The fraction of sp³-hybridized carbons (Fsp3) is 0.667. The van der Waals surface area contributed by atoms with Crippen LogP contribution in [0.25, 0.3) is 0 Å². The van der Waals surface area contributed by atoms with Gasteiger partial charge in [-0.3, -0.25) is 19.6 Å². The molecule has 1 aliphatic heterocycles. The molecule has 0 aliphatic carbocycles. The van der Waals surface area contributed by atoms with Crippen LogP contribution >= 0.6 is 0 Å². The Balaban J connectivity index is 1.61. The number of rotatable bonds is 7. The standard InChI is InChI=1S/C12H18N4O5/c17-11(9-15-8-10(7-14-15)16(18)19)13-4-6-21-12-3-1-2-5-20-12/h7-8,12H,1-6,9H2,(H,13,17)/t12-/m1/s1. The summed E-state index contributed by atoms with van der Waals surface area (Å²) < 4.78 is 12.1. The van der Waals surface area contributed by atoms with Gasteiger partial charge in [-0.1, -0.05) is 0 Å². The van der Waals surface area contributed by atoms with E-state index in [1.165, 1.54) is 10.9 Å². The van der Waals surface area contributed by atoms with Crippen LogP contribution in [0.1, 0.15) is 19.3 Å². The van der Waals surface area contributed by atoms with Gasteiger partial charge in [0.25, 0.3) is 0 Å². The van der Waals surface area contributed by atoms with Gasteiger partial charge in [-0.15, -0.1) is 0 Å². The lowest BCUT2D eigenvalue weighted by Gasteiger charge is -2.22. The van der Waals surface area contributed by atoms with Gasteiger partial charge in [0.1, 0.15) is 18.9 Å². The Morgan fingerprint density at radius 3 is 3.14 bits per heavy atom. The summed E-state index contributed by atoms with van der Waals surface area (Å²) in [6, 6.07) is 0. The smallest absolute Gasteiger partial charge is 0.307 e. The number of carbonyl (C=O) groups excluding carboxylic acids is 1. The summed E-state index contributed by atoms with van der Waals surface area (Å²) in [6.07, 6.45) is 5.18. The van der Waals surface area contributed by atoms with Crippen LogP contribution in [0.4, 0.5) is 5.69 Å². The fourth-order valence-corrected chi connectivity index (χ4v) is 1.96. The molecule has 0 saturated carbocycles. The summed E-state index contributed by atoms with van der Waals surface area (Å²) in [4.78, 5) is 21.5. The number of amides is 1. The second-order valence-electron chi connectivity index (χ2n) is 4.67. The number of aromatic nitrogens is 2. The summed E-state index contributed by atoms with van der Waals surface area (Å²) in [6.45, 7) is 1.39. The van der Waals surface area contributed by atoms with Crippen LogP contribution in [-0.2, 0) is 20.8 Å². The van der Waals surface area contributed by atoms with Crippen molar-refractivity contribution in [1.82, 2.24) is 15.1 Å². The predicted octanol–water partition coefficient (Wildman–Crippen LogP) is 0.451. The van der Waals surface area contributed by atoms with Crippen molar-refractivity contribution in [3.05, 3.63) is 22.5 Å². The van der Waals surface area contributed by atoms with Crippen molar-refractivity contribution in [2.75, 3.05) is 19.8 Å². The molecule has 0 radical (unpaired) electrons. The van der Waals surface area contributed by atoms with E-state index >= 15 is 0 Å². The molecule has 0 aromatic carbocycles. The number of carbonyl (C=O) groups is 1. The quantitative estimate of drug-likeness (QED) is 0.445. The van der Waals surface area contributed by atoms with E-state index in [-0.39, 0.29) is 24.4 Å². The molecule has 2 rings (SSSR count). The SMILES string of the molecule is O=C(Cn1cc([N+](=O)[O-])cn1)NCCO[C@@H]1CCCCO1. The molecule has 9 heteroatoms. The minimum absolute atomic E-state index is 0.0617. The van der Waals surface area contributed by atoms with Crippen molar-refractivity contribution in [2.45, 2.75) is 32.1 Å². The predicted molar refractivity (Wildman–Crippen MR) is 71.4 cm³/mol. The molecule has 21 heavy (non-hydrogen) atoms. The van der Waals surface area contributed by atoms with Gasteiger partial charge in [0.2, 0.25) is 5.91 Å². The van der Waals surface area contributed by atoms with Gasteiger partial charge >= 0.3 is 5.69 Å². The molecule has 1 atom stereocenters. The van der Waals surface area contributed by atoms with Gasteiger partial charge in [-0.2, -0.15) is 5.10 Å². The van der Waals surface area contributed by atoms with E-state index in [9.17, 15) is 14.9 Å². The molecule has 1 amide bonds. The summed E-state index contributed by atoms with van der Waals surface area (Å²) in [7, 11) is 0. The first kappa shape index (κ1) is 15.4. The third kappa shape index (κ3) is 5.12. The highest BCUT2D eigenvalue weighted by Gasteiger charge is 2.14. The van der Waals surface area contributed by atoms with Crippen molar-refractivity contribution in [3.8, 4) is 0 Å². The number of nitro groups is 1. The molecule has 1 N–H and O–H groups in total. The molecule has 0 unspecified atom stereocenters. The van der Waals surface area contributed by atoms with Gasteiger partial charge in [-0.05, 0) is 19.3 Å². The van der Waals surface area contributed by atoms with E-state index in [1.54, 1.807) is 0 Å². The normalized spacial score (nSPS) is 18.4. The minimum Gasteiger partial charge on any atom is -0.353 e. The lowest BCUT2D eigenvalue weighted by molar-refractivity contribution is -0.385. The zero-order chi connectivity index (χ0) is 15.1. The minimum atomic E-state index is -0.556. The molecule has 1 aromatic heterocycles. The van der Waals surface area contributed by atoms with Crippen LogP contribution in [0.3, 0.4) is 0 Å². The highest BCUT2D eigenvalue weighted by atomic mass is 16.7. The molecular formula is C12H18N4O5. The Labute approximate surface area is 121 Å². The number of ether oxygens (including phenoxy) is 2. The van der Waals surface area contributed by atoms with Crippen LogP contribution in [0.2, 0.25) is 0 Å². The van der Waals surface area contributed by atoms with E-state index < -0.39 is 4.92 Å². The first-order valence-corrected chi connectivity index (χ1v) is 6.82. The Morgan fingerprint density at radius 2 is 2.48 bits per heavy atom. The van der Waals surface area contributed by atoms with E-state index in [1.807, 2.05) is 0 Å². The fourth-order valence-electron chi connectivity index (χ4n) is 1.96. The van der Waals surface area contributed by atoms with Crippen molar-refractivity contribution in [2.24, 2.45) is 0 Å². The number of nitrogens with one attached hydrogen (secondary N) is 1. The van der Waals surface area contributed by atoms with Gasteiger partial charge in [0.05, 0.1) is 11.5 Å². The summed E-state index contributed by atoms with van der Waals surface area (Å²) >= 11 is 0. The third-order valence-corrected chi connectivity index (χ3v) is 3.00. The molecule has 0 spiro atoms. The van der Waals surface area contributed by atoms with Crippen LogP contribution in [0, 0.1) is 10.1 Å². The maximum atomic E-state index is 11.6. The van der Waals surface area contributed by atoms with Crippen molar-refractivity contribution < 1.29 is 19.2 Å².